The molecule has 1 atom stereocenters. The lowest BCUT2D eigenvalue weighted by molar-refractivity contribution is 0.348. The molecule has 1 aromatic heterocycles. The molecule has 0 amide bonds. The summed E-state index contributed by atoms with van der Waals surface area (Å²) in [6, 6.07) is 2.61. The molecule has 3 nitrogen and oxygen atoms in total. The Labute approximate surface area is 118 Å². The summed E-state index contributed by atoms with van der Waals surface area (Å²) in [4.78, 5) is 0. The molecule has 0 spiro atoms. The fourth-order valence-electron chi connectivity index (χ4n) is 2.14. The van der Waals surface area contributed by atoms with Crippen LogP contribution in [-0.4, -0.2) is 22.9 Å². The van der Waals surface area contributed by atoms with Gasteiger partial charge in [0.05, 0.1) is 5.69 Å². The highest BCUT2D eigenvalue weighted by molar-refractivity contribution is 5.01. The van der Waals surface area contributed by atoms with Gasteiger partial charge in [0, 0.05) is 12.2 Å². The zero-order valence-electron chi connectivity index (χ0n) is 13.5. The van der Waals surface area contributed by atoms with Crippen LogP contribution in [0.2, 0.25) is 0 Å². The summed E-state index contributed by atoms with van der Waals surface area (Å²) < 4.78 is 2.05. The number of aromatic nitrogens is 2. The van der Waals surface area contributed by atoms with Crippen LogP contribution < -0.4 is 5.32 Å². The van der Waals surface area contributed by atoms with Gasteiger partial charge in [-0.2, -0.15) is 5.10 Å². The Balaban J connectivity index is 2.52. The maximum Gasteiger partial charge on any atom is 0.0628 e. The molecule has 0 aromatic carbocycles. The van der Waals surface area contributed by atoms with Crippen LogP contribution in [0.4, 0.5) is 0 Å². The lowest BCUT2D eigenvalue weighted by Gasteiger charge is -2.21. The second kappa shape index (κ2) is 7.68. The Bertz CT molecular complexity index is 353. The third kappa shape index (κ3) is 5.77. The summed E-state index contributed by atoms with van der Waals surface area (Å²) in [5, 5.41) is 8.25. The van der Waals surface area contributed by atoms with Crippen molar-refractivity contribution in [3.8, 4) is 0 Å². The molecule has 110 valence electrons. The summed E-state index contributed by atoms with van der Waals surface area (Å²) in [5.74, 6) is 2.06. The van der Waals surface area contributed by atoms with Crippen LogP contribution in [0.3, 0.4) is 0 Å². The first-order chi connectivity index (χ1) is 8.90. The van der Waals surface area contributed by atoms with E-state index in [1.807, 2.05) is 4.68 Å². The summed E-state index contributed by atoms with van der Waals surface area (Å²) in [6.07, 6.45) is 3.17. The molecule has 0 bridgehead atoms. The van der Waals surface area contributed by atoms with E-state index in [4.69, 9.17) is 0 Å². The fourth-order valence-corrected chi connectivity index (χ4v) is 2.14. The molecule has 1 N–H and O–H groups in total. The summed E-state index contributed by atoms with van der Waals surface area (Å²) in [7, 11) is 0. The van der Waals surface area contributed by atoms with Gasteiger partial charge in [-0.15, -0.1) is 0 Å². The van der Waals surface area contributed by atoms with E-state index in [2.05, 4.69) is 64.2 Å². The van der Waals surface area contributed by atoms with E-state index >= 15 is 0 Å². The second-order valence-corrected chi connectivity index (χ2v) is 6.64. The lowest BCUT2D eigenvalue weighted by Crippen LogP contribution is -2.30. The largest absolute Gasteiger partial charge is 0.316 e. The zero-order chi connectivity index (χ0) is 14.4. The third-order valence-electron chi connectivity index (χ3n) is 3.57. The van der Waals surface area contributed by atoms with Crippen molar-refractivity contribution in [3.05, 3.63) is 18.0 Å². The molecule has 0 radical (unpaired) electrons. The minimum atomic E-state index is 0.449. The minimum absolute atomic E-state index is 0.449. The van der Waals surface area contributed by atoms with E-state index in [0.717, 1.165) is 19.5 Å². The molecule has 1 unspecified atom stereocenters. The molecule has 19 heavy (non-hydrogen) atoms. The van der Waals surface area contributed by atoms with E-state index in [1.54, 1.807) is 0 Å². The van der Waals surface area contributed by atoms with Crippen molar-refractivity contribution in [2.75, 3.05) is 13.1 Å². The minimum Gasteiger partial charge on any atom is -0.316 e. The van der Waals surface area contributed by atoms with Crippen molar-refractivity contribution in [3.63, 3.8) is 0 Å². The predicted molar refractivity (Wildman–Crippen MR) is 82.4 cm³/mol. The second-order valence-electron chi connectivity index (χ2n) is 6.64. The Hall–Kier alpha value is -0.830. The van der Waals surface area contributed by atoms with Gasteiger partial charge >= 0.3 is 0 Å². The Kier molecular flexibility index (Phi) is 6.56. The zero-order valence-corrected chi connectivity index (χ0v) is 13.5. The molecule has 0 saturated heterocycles. The highest BCUT2D eigenvalue weighted by Crippen LogP contribution is 2.16. The normalized spacial score (nSPS) is 13.7. The predicted octanol–water partition coefficient (Wildman–Crippen LogP) is 3.52. The van der Waals surface area contributed by atoms with Crippen molar-refractivity contribution >= 4 is 0 Å². The summed E-state index contributed by atoms with van der Waals surface area (Å²) in [5.41, 5.74) is 1.22. The van der Waals surface area contributed by atoms with E-state index in [0.29, 0.717) is 23.8 Å². The smallest absolute Gasteiger partial charge is 0.0628 e. The van der Waals surface area contributed by atoms with Gasteiger partial charge < -0.3 is 5.32 Å². The average Bonchev–Trinajstić information content (AvgIpc) is 2.75. The van der Waals surface area contributed by atoms with Crippen molar-refractivity contribution in [2.24, 2.45) is 17.8 Å². The number of hydrogen-bond donors (Lipinski definition) is 1. The van der Waals surface area contributed by atoms with Crippen LogP contribution in [0.5, 0.6) is 0 Å². The molecule has 1 heterocycles. The van der Waals surface area contributed by atoms with Gasteiger partial charge in [0.1, 0.15) is 0 Å². The molecular weight excluding hydrogens is 234 g/mol. The van der Waals surface area contributed by atoms with Crippen LogP contribution in [0.15, 0.2) is 12.3 Å². The van der Waals surface area contributed by atoms with Crippen LogP contribution in [-0.2, 0) is 6.42 Å². The molecular formula is C16H31N3. The van der Waals surface area contributed by atoms with Gasteiger partial charge in [-0.25, -0.2) is 0 Å². The van der Waals surface area contributed by atoms with Crippen LogP contribution in [0, 0.1) is 17.8 Å². The van der Waals surface area contributed by atoms with Gasteiger partial charge in [0.25, 0.3) is 0 Å². The maximum atomic E-state index is 4.66. The van der Waals surface area contributed by atoms with Crippen LogP contribution in [0.25, 0.3) is 0 Å². The molecule has 3 heteroatoms. The number of nitrogens with zero attached hydrogens (tertiary/aromatic N) is 2. The molecule has 1 aromatic rings. The van der Waals surface area contributed by atoms with Gasteiger partial charge in [-0.1, -0.05) is 27.7 Å². The SMILES string of the molecule is CC(C)CNCC(Cc1ccn(C(C)C)n1)C(C)C. The number of rotatable bonds is 8. The van der Waals surface area contributed by atoms with E-state index in [-0.39, 0.29) is 0 Å². The standard InChI is InChI=1S/C16H31N3/c1-12(2)10-17-11-15(13(3)4)9-16-7-8-19(18-16)14(5)6/h7-8,12-15,17H,9-11H2,1-6H3. The van der Waals surface area contributed by atoms with Gasteiger partial charge in [-0.3, -0.25) is 4.68 Å². The van der Waals surface area contributed by atoms with Crippen molar-refractivity contribution in [1.29, 1.82) is 0 Å². The van der Waals surface area contributed by atoms with Crippen molar-refractivity contribution in [1.82, 2.24) is 15.1 Å². The molecule has 1 rings (SSSR count). The van der Waals surface area contributed by atoms with Crippen LogP contribution >= 0.6 is 0 Å². The average molecular weight is 265 g/mol. The van der Waals surface area contributed by atoms with Crippen LogP contribution in [0.1, 0.15) is 53.3 Å². The Morgan fingerprint density at radius 1 is 1.11 bits per heavy atom. The van der Waals surface area contributed by atoms with Crippen molar-refractivity contribution in [2.45, 2.75) is 54.0 Å². The number of hydrogen-bond acceptors (Lipinski definition) is 2. The fraction of sp³-hybridized carbons (Fsp3) is 0.812. The first-order valence-electron chi connectivity index (χ1n) is 7.64. The molecule has 0 aliphatic rings. The summed E-state index contributed by atoms with van der Waals surface area (Å²) in [6.45, 7) is 15.6. The first kappa shape index (κ1) is 16.2. The van der Waals surface area contributed by atoms with Gasteiger partial charge in [-0.05, 0) is 57.2 Å². The Morgan fingerprint density at radius 3 is 2.26 bits per heavy atom. The number of nitrogens with one attached hydrogen (secondary N) is 1. The monoisotopic (exact) mass is 265 g/mol. The first-order valence-corrected chi connectivity index (χ1v) is 7.64. The summed E-state index contributed by atoms with van der Waals surface area (Å²) >= 11 is 0. The molecule has 0 saturated carbocycles. The van der Waals surface area contributed by atoms with E-state index in [1.165, 1.54) is 5.69 Å². The molecule has 0 aliphatic carbocycles. The highest BCUT2D eigenvalue weighted by atomic mass is 15.3. The van der Waals surface area contributed by atoms with E-state index in [9.17, 15) is 0 Å². The van der Waals surface area contributed by atoms with Gasteiger partial charge in [0.15, 0.2) is 0 Å². The Morgan fingerprint density at radius 2 is 1.79 bits per heavy atom. The molecule has 0 fully saturated rings. The lowest BCUT2D eigenvalue weighted by atomic mass is 9.91. The third-order valence-corrected chi connectivity index (χ3v) is 3.57. The van der Waals surface area contributed by atoms with Crippen molar-refractivity contribution < 1.29 is 0 Å². The van der Waals surface area contributed by atoms with Gasteiger partial charge in [0.2, 0.25) is 0 Å². The topological polar surface area (TPSA) is 29.9 Å². The van der Waals surface area contributed by atoms with E-state index < -0.39 is 0 Å². The quantitative estimate of drug-likeness (QED) is 0.779. The highest BCUT2D eigenvalue weighted by Gasteiger charge is 2.15. The molecule has 0 aliphatic heterocycles. The maximum absolute atomic E-state index is 4.66.